The smallest absolute Gasteiger partial charge is 0.343 e. The number of carbonyl (C=O) groups is 2. The molecule has 0 unspecified atom stereocenters. The number of allylic oxidation sites excluding steroid dienone is 3. The molecule has 0 aliphatic carbocycles. The van der Waals surface area contributed by atoms with Crippen molar-refractivity contribution in [2.75, 3.05) is 5.73 Å². The minimum absolute atomic E-state index is 0.360. The molecule has 0 spiro atoms. The van der Waals surface area contributed by atoms with Crippen LogP contribution in [-0.2, 0) is 4.74 Å². The van der Waals surface area contributed by atoms with Crippen molar-refractivity contribution < 1.29 is 19.1 Å². The summed E-state index contributed by atoms with van der Waals surface area (Å²) < 4.78 is 10.7. The quantitative estimate of drug-likeness (QED) is 0.171. The predicted molar refractivity (Wildman–Crippen MR) is 129 cm³/mol. The van der Waals surface area contributed by atoms with Crippen LogP contribution >= 0.6 is 0 Å². The summed E-state index contributed by atoms with van der Waals surface area (Å²) in [6.07, 6.45) is 4.79. The second-order valence-corrected chi connectivity index (χ2v) is 7.10. The van der Waals surface area contributed by atoms with E-state index in [4.69, 9.17) is 20.9 Å². The van der Waals surface area contributed by atoms with Crippen molar-refractivity contribution in [1.29, 1.82) is 0 Å². The van der Waals surface area contributed by atoms with Crippen LogP contribution in [0.2, 0.25) is 0 Å². The Morgan fingerprint density at radius 3 is 1.79 bits per heavy atom. The number of nitrogens with two attached hydrogens (primary N) is 2. The molecule has 0 aliphatic rings. The van der Waals surface area contributed by atoms with Gasteiger partial charge in [-0.2, -0.15) is 0 Å². The molecule has 6 nitrogen and oxygen atoms in total. The number of rotatable bonds is 7. The molecule has 33 heavy (non-hydrogen) atoms. The fraction of sp³-hybridized carbons (Fsp3) is 0.0370. The monoisotopic (exact) mass is 440 g/mol. The van der Waals surface area contributed by atoms with Crippen LogP contribution in [0.4, 0.5) is 5.69 Å². The number of nitrogen functional groups attached to an aromatic ring is 1. The molecule has 0 bridgehead atoms. The number of anilines is 1. The molecule has 4 N–H and O–H groups in total. The topological polar surface area (TPSA) is 105 Å². The van der Waals surface area contributed by atoms with Gasteiger partial charge in [0, 0.05) is 11.4 Å². The third kappa shape index (κ3) is 6.45. The van der Waals surface area contributed by atoms with Gasteiger partial charge in [0.15, 0.2) is 0 Å². The van der Waals surface area contributed by atoms with E-state index in [2.05, 4.69) is 6.58 Å². The zero-order chi connectivity index (χ0) is 23.8. The lowest BCUT2D eigenvalue weighted by molar-refractivity contribution is 0.0635. The lowest BCUT2D eigenvalue weighted by Crippen LogP contribution is -2.08. The molecular weight excluding hydrogens is 416 g/mol. The van der Waals surface area contributed by atoms with Crippen molar-refractivity contribution in [3.63, 3.8) is 0 Å². The van der Waals surface area contributed by atoms with Gasteiger partial charge >= 0.3 is 11.9 Å². The van der Waals surface area contributed by atoms with Crippen LogP contribution in [0, 0.1) is 0 Å². The third-order valence-corrected chi connectivity index (χ3v) is 4.62. The lowest BCUT2D eigenvalue weighted by Gasteiger charge is -2.08. The van der Waals surface area contributed by atoms with Gasteiger partial charge in [0.2, 0.25) is 0 Å². The van der Waals surface area contributed by atoms with Crippen molar-refractivity contribution in [2.24, 2.45) is 5.73 Å². The van der Waals surface area contributed by atoms with Crippen molar-refractivity contribution in [1.82, 2.24) is 0 Å². The summed E-state index contributed by atoms with van der Waals surface area (Å²) in [7, 11) is 0. The second-order valence-electron chi connectivity index (χ2n) is 7.10. The van der Waals surface area contributed by atoms with Crippen molar-refractivity contribution >= 4 is 17.6 Å². The summed E-state index contributed by atoms with van der Waals surface area (Å²) in [6, 6.07) is 20.6. The van der Waals surface area contributed by atoms with Crippen LogP contribution < -0.4 is 16.2 Å². The fourth-order valence-corrected chi connectivity index (χ4v) is 2.84. The number of esters is 2. The Morgan fingerprint density at radius 1 is 0.788 bits per heavy atom. The van der Waals surface area contributed by atoms with E-state index in [0.717, 1.165) is 11.1 Å². The van der Waals surface area contributed by atoms with Gasteiger partial charge in [-0.1, -0.05) is 30.8 Å². The van der Waals surface area contributed by atoms with Gasteiger partial charge in [0.1, 0.15) is 11.5 Å². The maximum absolute atomic E-state index is 12.4. The van der Waals surface area contributed by atoms with Crippen LogP contribution in [0.25, 0.3) is 11.1 Å². The molecule has 0 saturated carbocycles. The average Bonchev–Trinajstić information content (AvgIpc) is 2.83. The molecule has 3 aromatic carbocycles. The zero-order valence-electron chi connectivity index (χ0n) is 18.2. The molecule has 0 radical (unpaired) electrons. The molecule has 0 saturated heterocycles. The van der Waals surface area contributed by atoms with Crippen LogP contribution in [0.1, 0.15) is 27.6 Å². The van der Waals surface area contributed by atoms with Crippen LogP contribution in [0.15, 0.2) is 109 Å². The van der Waals surface area contributed by atoms with Gasteiger partial charge in [-0.3, -0.25) is 0 Å². The Hall–Kier alpha value is -4.58. The first-order valence-corrected chi connectivity index (χ1v) is 10.1. The molecular formula is C27H24N2O4. The summed E-state index contributed by atoms with van der Waals surface area (Å²) in [4.78, 5) is 24.7. The molecule has 3 rings (SSSR count). The second kappa shape index (κ2) is 10.6. The van der Waals surface area contributed by atoms with Crippen molar-refractivity contribution in [2.45, 2.75) is 6.92 Å². The first-order valence-electron chi connectivity index (χ1n) is 10.1. The van der Waals surface area contributed by atoms with Gasteiger partial charge in [-0.05, 0) is 84.8 Å². The molecule has 166 valence electrons. The highest BCUT2D eigenvalue weighted by atomic mass is 16.5. The van der Waals surface area contributed by atoms with Gasteiger partial charge < -0.3 is 20.9 Å². The number of carbonyl (C=O) groups excluding carboxylic acids is 2. The van der Waals surface area contributed by atoms with E-state index < -0.39 is 11.9 Å². The van der Waals surface area contributed by atoms with E-state index in [1.54, 1.807) is 73.7 Å². The van der Waals surface area contributed by atoms with E-state index in [9.17, 15) is 9.59 Å². The molecule has 0 fully saturated rings. The van der Waals surface area contributed by atoms with Gasteiger partial charge in [0.05, 0.1) is 11.1 Å². The van der Waals surface area contributed by atoms with Crippen LogP contribution in [0.5, 0.6) is 5.75 Å². The van der Waals surface area contributed by atoms with Crippen LogP contribution in [-0.4, -0.2) is 11.9 Å². The van der Waals surface area contributed by atoms with Crippen molar-refractivity contribution in [3.05, 3.63) is 120 Å². The highest BCUT2D eigenvalue weighted by molar-refractivity contribution is 5.92. The third-order valence-electron chi connectivity index (χ3n) is 4.62. The van der Waals surface area contributed by atoms with E-state index in [0.29, 0.717) is 34.0 Å². The predicted octanol–water partition coefficient (Wildman–Crippen LogP) is 5.24. The van der Waals surface area contributed by atoms with Gasteiger partial charge in [0.25, 0.3) is 0 Å². The normalized spacial score (nSPS) is 11.2. The van der Waals surface area contributed by atoms with E-state index >= 15 is 0 Å². The number of benzene rings is 3. The highest BCUT2D eigenvalue weighted by Gasteiger charge is 2.11. The van der Waals surface area contributed by atoms with E-state index in [1.165, 1.54) is 0 Å². The molecule has 0 aromatic heterocycles. The highest BCUT2D eigenvalue weighted by Crippen LogP contribution is 2.22. The Kier molecular flexibility index (Phi) is 7.44. The number of ether oxygens (including phenoxy) is 2. The largest absolute Gasteiger partial charge is 0.423 e. The van der Waals surface area contributed by atoms with Crippen LogP contribution in [0.3, 0.4) is 0 Å². The molecule has 0 atom stereocenters. The summed E-state index contributed by atoms with van der Waals surface area (Å²) >= 11 is 0. The average molecular weight is 440 g/mol. The lowest BCUT2D eigenvalue weighted by atomic mass is 10.0. The molecule has 0 aliphatic heterocycles. The van der Waals surface area contributed by atoms with E-state index in [-0.39, 0.29) is 0 Å². The zero-order valence-corrected chi connectivity index (χ0v) is 18.2. The minimum atomic E-state index is -0.484. The minimum Gasteiger partial charge on any atom is -0.423 e. The van der Waals surface area contributed by atoms with E-state index in [1.807, 2.05) is 24.3 Å². The van der Waals surface area contributed by atoms with Gasteiger partial charge in [-0.15, -0.1) is 0 Å². The maximum Gasteiger partial charge on any atom is 0.343 e. The Morgan fingerprint density at radius 2 is 1.30 bits per heavy atom. The molecule has 0 amide bonds. The Balaban J connectivity index is 1.65. The SMILES string of the molecule is C=C(N)/C=C\C(=C/C)OC(=O)c1ccc(-c2ccc(C(=O)Oc3ccc(N)cc3)cc2)cc1. The standard InChI is InChI=1S/C27H24N2O4/c1-3-24(15-4-18(2)28)32-26(30)21-9-5-19(6-10-21)20-7-11-22(12-8-20)27(31)33-25-16-13-23(29)14-17-25/h3-17H,2,28-29H2,1H3/b15-4-,24-3+. The fourth-order valence-electron chi connectivity index (χ4n) is 2.84. The first kappa shape index (κ1) is 23.1. The van der Waals surface area contributed by atoms with Crippen molar-refractivity contribution in [3.8, 4) is 16.9 Å². The van der Waals surface area contributed by atoms with Gasteiger partial charge in [-0.25, -0.2) is 9.59 Å². The number of hydrogen-bond donors (Lipinski definition) is 2. The summed E-state index contributed by atoms with van der Waals surface area (Å²) in [5, 5.41) is 0. The summed E-state index contributed by atoms with van der Waals surface area (Å²) in [6.45, 7) is 5.32. The first-order chi connectivity index (χ1) is 15.9. The summed E-state index contributed by atoms with van der Waals surface area (Å²) in [5.74, 6) is -0.151. The maximum atomic E-state index is 12.4. The number of hydrogen-bond acceptors (Lipinski definition) is 6. The Labute approximate surface area is 192 Å². The summed E-state index contributed by atoms with van der Waals surface area (Å²) in [5.41, 5.74) is 14.7. The Bertz CT molecular complexity index is 1210. The molecule has 0 heterocycles. The molecule has 6 heteroatoms. The molecule has 3 aromatic rings.